The van der Waals surface area contributed by atoms with E-state index in [0.29, 0.717) is 10.4 Å². The van der Waals surface area contributed by atoms with Gasteiger partial charge in [0, 0.05) is 29.0 Å². The maximum absolute atomic E-state index is 11.1. The fourth-order valence-electron chi connectivity index (χ4n) is 1.70. The van der Waals surface area contributed by atoms with Gasteiger partial charge in [0.25, 0.3) is 0 Å². The number of ether oxygens (including phenoxy) is 1. The lowest BCUT2D eigenvalue weighted by Gasteiger charge is -1.91. The number of carbonyl (C=O) groups excluding carboxylic acids is 2. The van der Waals surface area contributed by atoms with E-state index in [1.807, 2.05) is 19.1 Å². The van der Waals surface area contributed by atoms with Crippen LogP contribution in [0.3, 0.4) is 0 Å². The lowest BCUT2D eigenvalue weighted by atomic mass is 10.2. The van der Waals surface area contributed by atoms with Crippen molar-refractivity contribution >= 4 is 33.8 Å². The molecule has 0 atom stereocenters. The Labute approximate surface area is 131 Å². The standard InChI is InChI=1S/C9H7NO2S.C7H7NO/c1-12-9(11)7-5-6-3-2-4-10-8(6)13-7;1-6-7(5-9)3-2-4-8-6/h2-5H,1H3;2-5H,1H3. The zero-order valence-electron chi connectivity index (χ0n) is 12.1. The molecule has 3 heterocycles. The first-order chi connectivity index (χ1) is 10.7. The Kier molecular flexibility index (Phi) is 5.32. The first kappa shape index (κ1) is 15.8. The molecule has 0 aliphatic carbocycles. The third-order valence-electron chi connectivity index (χ3n) is 2.86. The number of hydrogen-bond donors (Lipinski definition) is 0. The van der Waals surface area contributed by atoms with E-state index in [1.165, 1.54) is 18.4 Å². The van der Waals surface area contributed by atoms with Gasteiger partial charge in [-0.05, 0) is 31.2 Å². The van der Waals surface area contributed by atoms with Crippen LogP contribution in [0, 0.1) is 6.92 Å². The number of thiophene rings is 1. The normalized spacial score (nSPS) is 9.73. The third-order valence-corrected chi connectivity index (χ3v) is 3.89. The zero-order chi connectivity index (χ0) is 15.9. The SMILES string of the molecule is COC(=O)c1cc2cccnc2s1.Cc1ncccc1C=O. The van der Waals surface area contributed by atoms with Gasteiger partial charge >= 0.3 is 5.97 Å². The number of nitrogens with zero attached hydrogens (tertiary/aromatic N) is 2. The number of pyridine rings is 2. The predicted octanol–water partition coefficient (Wildman–Crippen LogP) is 3.29. The molecule has 0 radical (unpaired) electrons. The molecule has 112 valence electrons. The maximum atomic E-state index is 11.1. The summed E-state index contributed by atoms with van der Waals surface area (Å²) in [7, 11) is 1.38. The molecule has 3 aromatic heterocycles. The first-order valence-corrected chi connectivity index (χ1v) is 7.27. The van der Waals surface area contributed by atoms with Gasteiger partial charge in [0.2, 0.25) is 0 Å². The summed E-state index contributed by atoms with van der Waals surface area (Å²) in [4.78, 5) is 30.8. The van der Waals surface area contributed by atoms with Crippen LogP contribution in [0.25, 0.3) is 10.2 Å². The highest BCUT2D eigenvalue weighted by molar-refractivity contribution is 7.20. The van der Waals surface area contributed by atoms with E-state index in [0.717, 1.165) is 22.2 Å². The summed E-state index contributed by atoms with van der Waals surface area (Å²) in [6, 6.07) is 9.05. The molecule has 3 rings (SSSR count). The number of rotatable bonds is 2. The van der Waals surface area contributed by atoms with Gasteiger partial charge in [0.05, 0.1) is 7.11 Å². The number of aldehydes is 1. The van der Waals surface area contributed by atoms with Crippen LogP contribution in [0.1, 0.15) is 25.7 Å². The van der Waals surface area contributed by atoms with Gasteiger partial charge in [-0.1, -0.05) is 6.07 Å². The van der Waals surface area contributed by atoms with E-state index in [9.17, 15) is 9.59 Å². The van der Waals surface area contributed by atoms with Gasteiger partial charge in [-0.15, -0.1) is 11.3 Å². The molecule has 3 aromatic rings. The van der Waals surface area contributed by atoms with Crippen LogP contribution < -0.4 is 0 Å². The molecule has 0 unspecified atom stereocenters. The van der Waals surface area contributed by atoms with E-state index in [4.69, 9.17) is 0 Å². The fraction of sp³-hybridized carbons (Fsp3) is 0.125. The van der Waals surface area contributed by atoms with E-state index in [1.54, 1.807) is 30.6 Å². The highest BCUT2D eigenvalue weighted by atomic mass is 32.1. The molecule has 22 heavy (non-hydrogen) atoms. The van der Waals surface area contributed by atoms with Gasteiger partial charge in [-0.3, -0.25) is 9.78 Å². The molecular formula is C16H14N2O3S. The van der Waals surface area contributed by atoms with Crippen LogP contribution in [-0.2, 0) is 4.74 Å². The van der Waals surface area contributed by atoms with Crippen molar-refractivity contribution in [2.24, 2.45) is 0 Å². The minimum Gasteiger partial charge on any atom is -0.465 e. The molecular weight excluding hydrogens is 300 g/mol. The molecule has 0 spiro atoms. The fourth-order valence-corrected chi connectivity index (χ4v) is 2.61. The molecule has 0 aliphatic rings. The van der Waals surface area contributed by atoms with E-state index in [-0.39, 0.29) is 5.97 Å². The van der Waals surface area contributed by atoms with Crippen LogP contribution >= 0.6 is 11.3 Å². The number of fused-ring (bicyclic) bond motifs is 1. The molecule has 0 fully saturated rings. The minimum absolute atomic E-state index is 0.303. The molecule has 0 amide bonds. The number of methoxy groups -OCH3 is 1. The van der Waals surface area contributed by atoms with Crippen molar-refractivity contribution in [1.82, 2.24) is 9.97 Å². The smallest absolute Gasteiger partial charge is 0.348 e. The van der Waals surface area contributed by atoms with Gasteiger partial charge < -0.3 is 4.74 Å². The Morgan fingerprint density at radius 2 is 1.95 bits per heavy atom. The van der Waals surface area contributed by atoms with Crippen molar-refractivity contribution in [3.8, 4) is 0 Å². The summed E-state index contributed by atoms with van der Waals surface area (Å²) >= 11 is 1.34. The summed E-state index contributed by atoms with van der Waals surface area (Å²) in [6.45, 7) is 1.81. The summed E-state index contributed by atoms with van der Waals surface area (Å²) in [6.07, 6.45) is 4.19. The summed E-state index contributed by atoms with van der Waals surface area (Å²) in [5.74, 6) is -0.303. The first-order valence-electron chi connectivity index (χ1n) is 6.45. The summed E-state index contributed by atoms with van der Waals surface area (Å²) < 4.78 is 4.61. The molecule has 0 saturated carbocycles. The third kappa shape index (κ3) is 3.73. The van der Waals surface area contributed by atoms with E-state index in [2.05, 4.69) is 14.7 Å². The zero-order valence-corrected chi connectivity index (χ0v) is 13.0. The van der Waals surface area contributed by atoms with Crippen LogP contribution in [0.15, 0.2) is 42.7 Å². The molecule has 0 N–H and O–H groups in total. The second-order valence-electron chi connectivity index (χ2n) is 4.30. The van der Waals surface area contributed by atoms with Crippen molar-refractivity contribution in [3.63, 3.8) is 0 Å². The van der Waals surface area contributed by atoms with Gasteiger partial charge in [-0.2, -0.15) is 0 Å². The molecule has 0 bridgehead atoms. The number of aryl methyl sites for hydroxylation is 1. The number of aromatic nitrogens is 2. The van der Waals surface area contributed by atoms with Crippen molar-refractivity contribution in [2.75, 3.05) is 7.11 Å². The van der Waals surface area contributed by atoms with Crippen LogP contribution in [0.2, 0.25) is 0 Å². The summed E-state index contributed by atoms with van der Waals surface area (Å²) in [5.41, 5.74) is 1.45. The average Bonchev–Trinajstić information content (AvgIpc) is 2.99. The molecule has 6 heteroatoms. The predicted molar refractivity (Wildman–Crippen MR) is 85.3 cm³/mol. The Morgan fingerprint density at radius 1 is 1.23 bits per heavy atom. The Morgan fingerprint density at radius 3 is 2.55 bits per heavy atom. The quantitative estimate of drug-likeness (QED) is 0.536. The Balaban J connectivity index is 0.000000172. The van der Waals surface area contributed by atoms with Crippen molar-refractivity contribution < 1.29 is 14.3 Å². The monoisotopic (exact) mass is 314 g/mol. The van der Waals surface area contributed by atoms with Crippen LogP contribution in [-0.4, -0.2) is 29.3 Å². The van der Waals surface area contributed by atoms with Gasteiger partial charge in [-0.25, -0.2) is 9.78 Å². The van der Waals surface area contributed by atoms with Gasteiger partial charge in [0.1, 0.15) is 9.71 Å². The number of hydrogen-bond acceptors (Lipinski definition) is 6. The van der Waals surface area contributed by atoms with Gasteiger partial charge in [0.15, 0.2) is 6.29 Å². The Hall–Kier alpha value is -2.60. The van der Waals surface area contributed by atoms with Crippen molar-refractivity contribution in [1.29, 1.82) is 0 Å². The second kappa shape index (κ2) is 7.42. The average molecular weight is 314 g/mol. The maximum Gasteiger partial charge on any atom is 0.348 e. The minimum atomic E-state index is -0.303. The lowest BCUT2D eigenvalue weighted by Crippen LogP contribution is -1.96. The second-order valence-corrected chi connectivity index (χ2v) is 5.33. The van der Waals surface area contributed by atoms with Crippen molar-refractivity contribution in [3.05, 3.63) is 58.9 Å². The van der Waals surface area contributed by atoms with Crippen LogP contribution in [0.4, 0.5) is 0 Å². The molecule has 0 saturated heterocycles. The summed E-state index contributed by atoms with van der Waals surface area (Å²) in [5, 5.41) is 0.980. The number of carbonyl (C=O) groups is 2. The lowest BCUT2D eigenvalue weighted by molar-refractivity contribution is 0.0606. The molecule has 0 aliphatic heterocycles. The number of esters is 1. The Bertz CT molecular complexity index is 766. The molecule has 5 nitrogen and oxygen atoms in total. The molecule has 0 aromatic carbocycles. The highest BCUT2D eigenvalue weighted by Gasteiger charge is 2.09. The van der Waals surface area contributed by atoms with Crippen molar-refractivity contribution in [2.45, 2.75) is 6.92 Å². The largest absolute Gasteiger partial charge is 0.465 e. The van der Waals surface area contributed by atoms with Crippen LogP contribution in [0.5, 0.6) is 0 Å². The van der Waals surface area contributed by atoms with E-state index >= 15 is 0 Å². The van der Waals surface area contributed by atoms with E-state index < -0.39 is 0 Å². The highest BCUT2D eigenvalue weighted by Crippen LogP contribution is 2.23. The topological polar surface area (TPSA) is 69.2 Å².